The van der Waals surface area contributed by atoms with Crippen molar-refractivity contribution in [3.05, 3.63) is 58.8 Å². The summed E-state index contributed by atoms with van der Waals surface area (Å²) >= 11 is 0. The van der Waals surface area contributed by atoms with Crippen LogP contribution in [0.2, 0.25) is 0 Å². The van der Waals surface area contributed by atoms with Crippen LogP contribution >= 0.6 is 0 Å². The third-order valence-corrected chi connectivity index (χ3v) is 6.65. The Morgan fingerprint density at radius 3 is 2.23 bits per heavy atom. The van der Waals surface area contributed by atoms with E-state index in [2.05, 4.69) is 48.9 Å². The van der Waals surface area contributed by atoms with Crippen LogP contribution in [0.4, 0.5) is 16.2 Å². The van der Waals surface area contributed by atoms with Gasteiger partial charge in [0, 0.05) is 38.8 Å². The molecule has 8 nitrogen and oxygen atoms in total. The fourth-order valence-electron chi connectivity index (χ4n) is 4.90. The highest BCUT2D eigenvalue weighted by atomic mass is 16.6. The van der Waals surface area contributed by atoms with Gasteiger partial charge < -0.3 is 25.6 Å². The fraction of sp³-hybridized carbons (Fsp3) is 0.407. The topological polar surface area (TPSA) is 83.5 Å². The van der Waals surface area contributed by atoms with Gasteiger partial charge in [0.2, 0.25) is 0 Å². The highest BCUT2D eigenvalue weighted by Gasteiger charge is 2.33. The number of ether oxygens (including phenoxy) is 1. The second kappa shape index (κ2) is 9.62. The van der Waals surface area contributed by atoms with E-state index in [-0.39, 0.29) is 12.3 Å². The van der Waals surface area contributed by atoms with E-state index < -0.39 is 0 Å². The number of amides is 1. The minimum Gasteiger partial charge on any atom is -0.406 e. The molecule has 0 atom stereocenters. The molecule has 0 aliphatic carbocycles. The van der Waals surface area contributed by atoms with Gasteiger partial charge in [0.1, 0.15) is 17.6 Å². The zero-order valence-electron chi connectivity index (χ0n) is 20.9. The van der Waals surface area contributed by atoms with Crippen LogP contribution in [0, 0.1) is 6.92 Å². The Hall–Kier alpha value is -3.52. The zero-order valence-corrected chi connectivity index (χ0v) is 20.9. The summed E-state index contributed by atoms with van der Waals surface area (Å²) in [7, 11) is 1.90. The van der Waals surface area contributed by atoms with Crippen molar-refractivity contribution < 1.29 is 9.53 Å². The second-order valence-electron chi connectivity index (χ2n) is 9.40. The van der Waals surface area contributed by atoms with Crippen molar-refractivity contribution in [2.24, 2.45) is 7.05 Å². The fourth-order valence-corrected chi connectivity index (χ4v) is 4.90. The van der Waals surface area contributed by atoms with Crippen molar-refractivity contribution in [2.75, 3.05) is 23.7 Å². The molecule has 35 heavy (non-hydrogen) atoms. The standard InChI is InChI=1S/C27H34N6O2/c1-5-11-33(12-6-2)27(34)35-25-23(18-9-7-17(3)8-10-18)31-32(4)24(25)26-29-21-13-19-15-28-16-20(19)14-22(21)30-26/h7-10,13-14,26,28-30H,5-6,11-12,15-16H2,1-4H3. The Labute approximate surface area is 206 Å². The van der Waals surface area contributed by atoms with Crippen LogP contribution in [0.3, 0.4) is 0 Å². The molecule has 0 bridgehead atoms. The first-order valence-electron chi connectivity index (χ1n) is 12.5. The second-order valence-corrected chi connectivity index (χ2v) is 9.40. The maximum Gasteiger partial charge on any atom is 0.415 e. The lowest BCUT2D eigenvalue weighted by Crippen LogP contribution is -2.35. The first kappa shape index (κ1) is 23.2. The first-order chi connectivity index (χ1) is 17.0. The van der Waals surface area contributed by atoms with E-state index >= 15 is 0 Å². The summed E-state index contributed by atoms with van der Waals surface area (Å²) in [6.07, 6.45) is 1.14. The van der Waals surface area contributed by atoms with Gasteiger partial charge in [0.05, 0.1) is 11.4 Å². The van der Waals surface area contributed by atoms with Crippen molar-refractivity contribution >= 4 is 17.5 Å². The number of hydrogen-bond acceptors (Lipinski definition) is 6. The largest absolute Gasteiger partial charge is 0.415 e. The molecule has 1 aromatic heterocycles. The first-order valence-corrected chi connectivity index (χ1v) is 12.5. The number of fused-ring (bicyclic) bond motifs is 2. The molecule has 0 unspecified atom stereocenters. The third-order valence-electron chi connectivity index (χ3n) is 6.65. The quantitative estimate of drug-likeness (QED) is 0.439. The van der Waals surface area contributed by atoms with E-state index in [0.29, 0.717) is 24.5 Å². The van der Waals surface area contributed by atoms with E-state index in [1.165, 1.54) is 11.1 Å². The number of benzene rings is 2. The number of aromatic nitrogens is 2. The summed E-state index contributed by atoms with van der Waals surface area (Å²) in [5, 5.41) is 15.4. The molecule has 2 aliphatic heterocycles. The van der Waals surface area contributed by atoms with E-state index in [0.717, 1.165) is 54.1 Å². The van der Waals surface area contributed by atoms with Gasteiger partial charge in [0.15, 0.2) is 5.75 Å². The highest BCUT2D eigenvalue weighted by Crippen LogP contribution is 2.43. The lowest BCUT2D eigenvalue weighted by Gasteiger charge is -2.22. The Bertz CT molecular complexity index is 1190. The Morgan fingerprint density at radius 1 is 1.06 bits per heavy atom. The number of carbonyl (C=O) groups is 1. The van der Waals surface area contributed by atoms with Crippen LogP contribution in [0.5, 0.6) is 5.75 Å². The average molecular weight is 475 g/mol. The molecule has 2 aromatic carbocycles. The van der Waals surface area contributed by atoms with Crippen molar-refractivity contribution in [2.45, 2.75) is 52.9 Å². The third kappa shape index (κ3) is 4.46. The van der Waals surface area contributed by atoms with E-state index in [4.69, 9.17) is 9.84 Å². The Morgan fingerprint density at radius 2 is 1.66 bits per heavy atom. The molecule has 1 amide bonds. The number of nitrogens with one attached hydrogen (secondary N) is 3. The molecule has 0 radical (unpaired) electrons. The molecule has 184 valence electrons. The van der Waals surface area contributed by atoms with Crippen LogP contribution in [0.1, 0.15) is 55.2 Å². The molecule has 3 aromatic rings. The Kier molecular flexibility index (Phi) is 6.38. The number of aryl methyl sites for hydroxylation is 2. The monoisotopic (exact) mass is 474 g/mol. The van der Waals surface area contributed by atoms with Gasteiger partial charge in [-0.25, -0.2) is 4.79 Å². The van der Waals surface area contributed by atoms with E-state index in [1.807, 2.05) is 36.0 Å². The van der Waals surface area contributed by atoms with Crippen LogP contribution in [0.25, 0.3) is 11.3 Å². The number of nitrogens with zero attached hydrogens (tertiary/aromatic N) is 3. The van der Waals surface area contributed by atoms with Gasteiger partial charge in [-0.2, -0.15) is 5.10 Å². The number of anilines is 2. The van der Waals surface area contributed by atoms with Gasteiger partial charge in [-0.3, -0.25) is 4.68 Å². The van der Waals surface area contributed by atoms with Crippen molar-refractivity contribution in [3.8, 4) is 17.0 Å². The van der Waals surface area contributed by atoms with Crippen LogP contribution < -0.4 is 20.7 Å². The molecule has 0 saturated carbocycles. The number of carbonyl (C=O) groups excluding carboxylic acids is 1. The molecule has 8 heteroatoms. The van der Waals surface area contributed by atoms with E-state index in [9.17, 15) is 4.79 Å². The van der Waals surface area contributed by atoms with Crippen molar-refractivity contribution in [1.29, 1.82) is 0 Å². The van der Waals surface area contributed by atoms with Crippen molar-refractivity contribution in [3.63, 3.8) is 0 Å². The predicted molar refractivity (Wildman–Crippen MR) is 139 cm³/mol. The van der Waals surface area contributed by atoms with Gasteiger partial charge >= 0.3 is 6.09 Å². The maximum absolute atomic E-state index is 13.3. The van der Waals surface area contributed by atoms with Crippen LogP contribution in [-0.4, -0.2) is 33.9 Å². The summed E-state index contributed by atoms with van der Waals surface area (Å²) in [6, 6.07) is 12.5. The number of hydrogen-bond donors (Lipinski definition) is 3. The molecular weight excluding hydrogens is 440 g/mol. The average Bonchev–Trinajstić information content (AvgIpc) is 3.54. The summed E-state index contributed by atoms with van der Waals surface area (Å²) in [4.78, 5) is 15.1. The van der Waals surface area contributed by atoms with Gasteiger partial charge in [-0.05, 0) is 43.0 Å². The normalized spacial score (nSPS) is 14.3. The lowest BCUT2D eigenvalue weighted by atomic mass is 10.1. The van der Waals surface area contributed by atoms with Gasteiger partial charge in [0.25, 0.3) is 0 Å². The molecule has 5 rings (SSSR count). The summed E-state index contributed by atoms with van der Waals surface area (Å²) in [5.41, 5.74) is 8.25. The zero-order chi connectivity index (χ0) is 24.5. The molecule has 0 fully saturated rings. The molecule has 3 heterocycles. The molecular formula is C27H34N6O2. The molecule has 0 saturated heterocycles. The van der Waals surface area contributed by atoms with Crippen molar-refractivity contribution in [1.82, 2.24) is 20.0 Å². The van der Waals surface area contributed by atoms with Crippen LogP contribution in [-0.2, 0) is 20.1 Å². The minimum absolute atomic E-state index is 0.272. The number of rotatable bonds is 7. The maximum atomic E-state index is 13.3. The smallest absolute Gasteiger partial charge is 0.406 e. The Balaban J connectivity index is 1.53. The minimum atomic E-state index is -0.336. The molecule has 2 aliphatic rings. The molecule has 3 N–H and O–H groups in total. The van der Waals surface area contributed by atoms with Gasteiger partial charge in [-0.15, -0.1) is 0 Å². The van der Waals surface area contributed by atoms with Gasteiger partial charge in [-0.1, -0.05) is 43.7 Å². The predicted octanol–water partition coefficient (Wildman–Crippen LogP) is 5.16. The summed E-state index contributed by atoms with van der Waals surface area (Å²) in [6.45, 7) is 9.27. The lowest BCUT2D eigenvalue weighted by molar-refractivity contribution is 0.152. The van der Waals surface area contributed by atoms with E-state index in [1.54, 1.807) is 4.90 Å². The summed E-state index contributed by atoms with van der Waals surface area (Å²) < 4.78 is 7.97. The van der Waals surface area contributed by atoms with Crippen LogP contribution in [0.15, 0.2) is 36.4 Å². The SMILES string of the molecule is CCCN(CCC)C(=O)Oc1c(-c2ccc(C)cc2)nn(C)c1C1Nc2cc3c(cc2N1)CNC3. The molecule has 0 spiro atoms. The summed E-state index contributed by atoms with van der Waals surface area (Å²) in [5.74, 6) is 0.491. The highest BCUT2D eigenvalue weighted by molar-refractivity contribution is 5.80.